The fourth-order valence-electron chi connectivity index (χ4n) is 1.02. The van der Waals surface area contributed by atoms with Gasteiger partial charge in [-0.1, -0.05) is 13.2 Å². The van der Waals surface area contributed by atoms with Crippen molar-refractivity contribution >= 4 is 11.9 Å². The largest absolute Gasteiger partial charge is 0.466 e. The minimum Gasteiger partial charge on any atom is -0.466 e. The second-order valence-electron chi connectivity index (χ2n) is 3.17. The first-order valence-electron chi connectivity index (χ1n) is 5.18. The molecule has 0 aromatic carbocycles. The maximum absolute atomic E-state index is 11.1. The number of hydrogen-bond donors (Lipinski definition) is 0. The van der Waals surface area contributed by atoms with E-state index in [0.29, 0.717) is 24.4 Å². The van der Waals surface area contributed by atoms with Gasteiger partial charge in [0.2, 0.25) is 0 Å². The third kappa shape index (κ3) is 6.01. The van der Waals surface area contributed by atoms with E-state index in [1.165, 1.54) is 0 Å². The third-order valence-electron chi connectivity index (χ3n) is 1.83. The second-order valence-corrected chi connectivity index (χ2v) is 3.17. The highest BCUT2D eigenvalue weighted by Gasteiger charge is 2.11. The molecule has 0 amide bonds. The molecule has 0 rings (SSSR count). The van der Waals surface area contributed by atoms with E-state index >= 15 is 0 Å². The SMILES string of the molecule is C=C(CC(=O)OCC)C(=C)CC(=O)OCC. The van der Waals surface area contributed by atoms with Gasteiger partial charge in [0.15, 0.2) is 0 Å². The van der Waals surface area contributed by atoms with Crippen LogP contribution in [-0.4, -0.2) is 25.2 Å². The summed E-state index contributed by atoms with van der Waals surface area (Å²) in [7, 11) is 0. The first kappa shape index (κ1) is 14.4. The van der Waals surface area contributed by atoms with Crippen LogP contribution in [0.5, 0.6) is 0 Å². The van der Waals surface area contributed by atoms with E-state index in [4.69, 9.17) is 9.47 Å². The molecular formula is C12H18O4. The van der Waals surface area contributed by atoms with E-state index in [1.54, 1.807) is 13.8 Å². The molecule has 0 saturated heterocycles. The van der Waals surface area contributed by atoms with Gasteiger partial charge in [0.05, 0.1) is 26.1 Å². The lowest BCUT2D eigenvalue weighted by molar-refractivity contribution is -0.143. The van der Waals surface area contributed by atoms with Crippen molar-refractivity contribution in [3.05, 3.63) is 24.3 Å². The monoisotopic (exact) mass is 226 g/mol. The Labute approximate surface area is 95.9 Å². The molecule has 4 heteroatoms. The summed E-state index contributed by atoms with van der Waals surface area (Å²) in [4.78, 5) is 22.3. The van der Waals surface area contributed by atoms with Gasteiger partial charge in [0.1, 0.15) is 0 Å². The van der Waals surface area contributed by atoms with Gasteiger partial charge in [0, 0.05) is 0 Å². The van der Waals surface area contributed by atoms with Gasteiger partial charge in [-0.15, -0.1) is 0 Å². The van der Waals surface area contributed by atoms with E-state index in [1.807, 2.05) is 0 Å². The maximum Gasteiger partial charge on any atom is 0.310 e. The molecule has 16 heavy (non-hydrogen) atoms. The standard InChI is InChI=1S/C12H18O4/c1-5-15-11(13)7-9(3)10(4)8-12(14)16-6-2/h3-8H2,1-2H3. The van der Waals surface area contributed by atoms with Crippen molar-refractivity contribution in [2.24, 2.45) is 0 Å². The quantitative estimate of drug-likeness (QED) is 0.492. The van der Waals surface area contributed by atoms with Gasteiger partial charge in [-0.2, -0.15) is 0 Å². The highest BCUT2D eigenvalue weighted by atomic mass is 16.5. The zero-order valence-electron chi connectivity index (χ0n) is 9.88. The van der Waals surface area contributed by atoms with Crippen molar-refractivity contribution in [3.63, 3.8) is 0 Å². The molecule has 0 fully saturated rings. The van der Waals surface area contributed by atoms with Crippen molar-refractivity contribution in [2.45, 2.75) is 26.7 Å². The second kappa shape index (κ2) is 7.68. The van der Waals surface area contributed by atoms with Crippen molar-refractivity contribution in [1.82, 2.24) is 0 Å². The summed E-state index contributed by atoms with van der Waals surface area (Å²) in [5.41, 5.74) is 1.01. The minimum absolute atomic E-state index is 0.0616. The van der Waals surface area contributed by atoms with Crippen molar-refractivity contribution in [1.29, 1.82) is 0 Å². The highest BCUT2D eigenvalue weighted by Crippen LogP contribution is 2.15. The summed E-state index contributed by atoms with van der Waals surface area (Å²) < 4.78 is 9.52. The Morgan fingerprint density at radius 3 is 1.44 bits per heavy atom. The van der Waals surface area contributed by atoms with E-state index < -0.39 is 0 Å². The number of carbonyl (C=O) groups is 2. The average molecular weight is 226 g/mol. The molecule has 0 atom stereocenters. The van der Waals surface area contributed by atoms with Crippen LogP contribution in [0.2, 0.25) is 0 Å². The average Bonchev–Trinajstić information content (AvgIpc) is 2.17. The van der Waals surface area contributed by atoms with Gasteiger partial charge in [-0.25, -0.2) is 0 Å². The van der Waals surface area contributed by atoms with E-state index in [9.17, 15) is 9.59 Å². The number of carbonyl (C=O) groups excluding carboxylic acids is 2. The van der Waals surface area contributed by atoms with Gasteiger partial charge in [0.25, 0.3) is 0 Å². The topological polar surface area (TPSA) is 52.6 Å². The van der Waals surface area contributed by atoms with Crippen molar-refractivity contribution < 1.29 is 19.1 Å². The zero-order valence-corrected chi connectivity index (χ0v) is 9.88. The van der Waals surface area contributed by atoms with Crippen LogP contribution in [0.15, 0.2) is 24.3 Å². The van der Waals surface area contributed by atoms with E-state index in [-0.39, 0.29) is 24.8 Å². The molecule has 90 valence electrons. The van der Waals surface area contributed by atoms with Gasteiger partial charge in [-0.3, -0.25) is 9.59 Å². The predicted molar refractivity (Wildman–Crippen MR) is 60.8 cm³/mol. The first-order valence-corrected chi connectivity index (χ1v) is 5.18. The lowest BCUT2D eigenvalue weighted by Crippen LogP contribution is -2.09. The first-order chi connectivity index (χ1) is 7.51. The molecular weight excluding hydrogens is 208 g/mol. The molecule has 0 aromatic heterocycles. The predicted octanol–water partition coefficient (Wildman–Crippen LogP) is 2.01. The number of hydrogen-bond acceptors (Lipinski definition) is 4. The number of ether oxygens (including phenoxy) is 2. The fraction of sp³-hybridized carbons (Fsp3) is 0.500. The summed E-state index contributed by atoms with van der Waals surface area (Å²) in [6.45, 7) is 11.5. The van der Waals surface area contributed by atoms with Gasteiger partial charge in [-0.05, 0) is 25.0 Å². The van der Waals surface area contributed by atoms with Crippen LogP contribution in [-0.2, 0) is 19.1 Å². The summed E-state index contributed by atoms with van der Waals surface area (Å²) in [6, 6.07) is 0. The molecule has 0 aromatic rings. The van der Waals surface area contributed by atoms with Crippen molar-refractivity contribution in [2.75, 3.05) is 13.2 Å². The summed E-state index contributed by atoms with van der Waals surface area (Å²) in [6.07, 6.45) is 0.123. The summed E-state index contributed by atoms with van der Waals surface area (Å²) in [5.74, 6) is -0.727. The molecule has 0 heterocycles. The molecule has 0 radical (unpaired) electrons. The Bertz CT molecular complexity index is 261. The van der Waals surface area contributed by atoms with Crippen LogP contribution < -0.4 is 0 Å². The Hall–Kier alpha value is -1.58. The molecule has 0 saturated carbocycles. The minimum atomic E-state index is -0.363. The van der Waals surface area contributed by atoms with Crippen LogP contribution in [0, 0.1) is 0 Å². The summed E-state index contributed by atoms with van der Waals surface area (Å²) in [5, 5.41) is 0. The Balaban J connectivity index is 4.04. The highest BCUT2D eigenvalue weighted by molar-refractivity contribution is 5.77. The molecule has 0 spiro atoms. The molecule has 0 bridgehead atoms. The Morgan fingerprint density at radius 2 is 1.19 bits per heavy atom. The lowest BCUT2D eigenvalue weighted by atomic mass is 10.0. The van der Waals surface area contributed by atoms with Crippen LogP contribution in [0.25, 0.3) is 0 Å². The molecule has 0 aliphatic carbocycles. The zero-order chi connectivity index (χ0) is 12.6. The number of esters is 2. The Morgan fingerprint density at radius 1 is 0.875 bits per heavy atom. The van der Waals surface area contributed by atoms with Crippen LogP contribution in [0.3, 0.4) is 0 Å². The van der Waals surface area contributed by atoms with Crippen LogP contribution >= 0.6 is 0 Å². The molecule has 0 aliphatic heterocycles. The lowest BCUT2D eigenvalue weighted by Gasteiger charge is -2.08. The maximum atomic E-state index is 11.1. The Kier molecular flexibility index (Phi) is 6.92. The summed E-state index contributed by atoms with van der Waals surface area (Å²) >= 11 is 0. The molecule has 4 nitrogen and oxygen atoms in total. The fourth-order valence-corrected chi connectivity index (χ4v) is 1.02. The van der Waals surface area contributed by atoms with Crippen LogP contribution in [0.4, 0.5) is 0 Å². The van der Waals surface area contributed by atoms with Gasteiger partial charge < -0.3 is 9.47 Å². The molecule has 0 aliphatic rings. The smallest absolute Gasteiger partial charge is 0.310 e. The van der Waals surface area contributed by atoms with Crippen molar-refractivity contribution in [3.8, 4) is 0 Å². The number of rotatable bonds is 7. The third-order valence-corrected chi connectivity index (χ3v) is 1.83. The normalized spacial score (nSPS) is 9.38. The van der Waals surface area contributed by atoms with Gasteiger partial charge >= 0.3 is 11.9 Å². The van der Waals surface area contributed by atoms with Crippen LogP contribution in [0.1, 0.15) is 26.7 Å². The van der Waals surface area contributed by atoms with E-state index in [0.717, 1.165) is 0 Å². The molecule has 0 unspecified atom stereocenters. The van der Waals surface area contributed by atoms with E-state index in [2.05, 4.69) is 13.2 Å². The molecule has 0 N–H and O–H groups in total.